The standard InChI is InChI=1S/C15H13N3O2/c1-8-5-10(7-17-6-8)18-14(19)12-9(2)3-4-11(16)13(12)15(18)20/h3-7H,16H2,1-2H3. The van der Waals surface area contributed by atoms with Crippen LogP contribution < -0.4 is 10.6 Å². The molecule has 1 aliphatic heterocycles. The molecule has 20 heavy (non-hydrogen) atoms. The van der Waals surface area contributed by atoms with Crippen LogP contribution in [0.25, 0.3) is 0 Å². The maximum absolute atomic E-state index is 12.5. The third-order valence-corrected chi connectivity index (χ3v) is 3.40. The number of carbonyl (C=O) groups is 2. The van der Waals surface area contributed by atoms with Crippen LogP contribution in [0.1, 0.15) is 31.8 Å². The van der Waals surface area contributed by atoms with E-state index in [0.717, 1.165) is 16.0 Å². The van der Waals surface area contributed by atoms with Gasteiger partial charge in [0, 0.05) is 11.9 Å². The second-order valence-electron chi connectivity index (χ2n) is 4.89. The summed E-state index contributed by atoms with van der Waals surface area (Å²) >= 11 is 0. The molecule has 0 fully saturated rings. The van der Waals surface area contributed by atoms with Crippen LogP contribution in [0.5, 0.6) is 0 Å². The predicted molar refractivity (Wildman–Crippen MR) is 75.7 cm³/mol. The molecule has 2 N–H and O–H groups in total. The summed E-state index contributed by atoms with van der Waals surface area (Å²) in [5.41, 5.74) is 8.94. The number of nitrogens with zero attached hydrogens (tertiary/aromatic N) is 2. The van der Waals surface area contributed by atoms with Crippen molar-refractivity contribution in [3.63, 3.8) is 0 Å². The van der Waals surface area contributed by atoms with E-state index in [-0.39, 0.29) is 11.5 Å². The van der Waals surface area contributed by atoms with Gasteiger partial charge in [-0.25, -0.2) is 4.90 Å². The van der Waals surface area contributed by atoms with Crippen molar-refractivity contribution < 1.29 is 9.59 Å². The van der Waals surface area contributed by atoms with Crippen LogP contribution in [0.15, 0.2) is 30.6 Å². The smallest absolute Gasteiger partial charge is 0.268 e. The highest BCUT2D eigenvalue weighted by Crippen LogP contribution is 2.33. The summed E-state index contributed by atoms with van der Waals surface area (Å²) < 4.78 is 0. The molecular weight excluding hydrogens is 254 g/mol. The van der Waals surface area contributed by atoms with E-state index in [1.165, 1.54) is 6.20 Å². The van der Waals surface area contributed by atoms with E-state index in [1.54, 1.807) is 31.3 Å². The van der Waals surface area contributed by atoms with E-state index in [0.29, 0.717) is 16.9 Å². The second kappa shape index (κ2) is 4.16. The Hall–Kier alpha value is -2.69. The number of aromatic nitrogens is 1. The first-order valence-corrected chi connectivity index (χ1v) is 6.20. The van der Waals surface area contributed by atoms with E-state index in [9.17, 15) is 9.59 Å². The monoisotopic (exact) mass is 267 g/mol. The Labute approximate surface area is 116 Å². The molecule has 0 bridgehead atoms. The van der Waals surface area contributed by atoms with Gasteiger partial charge >= 0.3 is 0 Å². The Morgan fingerprint density at radius 1 is 1.05 bits per heavy atom. The summed E-state index contributed by atoms with van der Waals surface area (Å²) in [4.78, 5) is 30.2. The number of hydrogen-bond acceptors (Lipinski definition) is 4. The topological polar surface area (TPSA) is 76.3 Å². The fourth-order valence-corrected chi connectivity index (χ4v) is 2.44. The van der Waals surface area contributed by atoms with Gasteiger partial charge < -0.3 is 5.73 Å². The van der Waals surface area contributed by atoms with Crippen molar-refractivity contribution >= 4 is 23.2 Å². The van der Waals surface area contributed by atoms with Crippen molar-refractivity contribution in [3.05, 3.63) is 52.8 Å². The van der Waals surface area contributed by atoms with Gasteiger partial charge in [-0.05, 0) is 37.1 Å². The maximum Gasteiger partial charge on any atom is 0.268 e. The van der Waals surface area contributed by atoms with E-state index < -0.39 is 5.91 Å². The molecule has 2 amide bonds. The van der Waals surface area contributed by atoms with Gasteiger partial charge in [-0.1, -0.05) is 6.07 Å². The average molecular weight is 267 g/mol. The molecule has 0 radical (unpaired) electrons. The highest BCUT2D eigenvalue weighted by atomic mass is 16.2. The number of aryl methyl sites for hydroxylation is 2. The van der Waals surface area contributed by atoms with Crippen LogP contribution in [-0.4, -0.2) is 16.8 Å². The van der Waals surface area contributed by atoms with E-state index in [2.05, 4.69) is 4.98 Å². The van der Waals surface area contributed by atoms with Gasteiger partial charge in [0.25, 0.3) is 11.8 Å². The fourth-order valence-electron chi connectivity index (χ4n) is 2.44. The molecular formula is C15H13N3O2. The Balaban J connectivity index is 2.20. The molecule has 3 rings (SSSR count). The Morgan fingerprint density at radius 2 is 1.75 bits per heavy atom. The van der Waals surface area contributed by atoms with Crippen LogP contribution >= 0.6 is 0 Å². The molecule has 0 atom stereocenters. The van der Waals surface area contributed by atoms with Gasteiger partial charge in [0.1, 0.15) is 0 Å². The summed E-state index contributed by atoms with van der Waals surface area (Å²) in [5.74, 6) is -0.735. The molecule has 2 heterocycles. The van der Waals surface area contributed by atoms with Crippen molar-refractivity contribution in [2.75, 3.05) is 10.6 Å². The summed E-state index contributed by atoms with van der Waals surface area (Å²) in [5, 5.41) is 0. The number of pyridine rings is 1. The number of anilines is 2. The first kappa shape index (κ1) is 12.3. The minimum absolute atomic E-state index is 0.288. The lowest BCUT2D eigenvalue weighted by Gasteiger charge is -2.13. The largest absolute Gasteiger partial charge is 0.398 e. The Kier molecular flexibility index (Phi) is 2.57. The molecule has 5 nitrogen and oxygen atoms in total. The van der Waals surface area contributed by atoms with Crippen molar-refractivity contribution in [2.24, 2.45) is 0 Å². The first-order valence-electron chi connectivity index (χ1n) is 6.20. The third kappa shape index (κ3) is 1.60. The zero-order chi connectivity index (χ0) is 14.4. The molecule has 0 saturated heterocycles. The number of fused-ring (bicyclic) bond motifs is 1. The number of imide groups is 1. The molecule has 1 aliphatic rings. The molecule has 2 aromatic rings. The third-order valence-electron chi connectivity index (χ3n) is 3.40. The lowest BCUT2D eigenvalue weighted by molar-refractivity contribution is 0.0926. The second-order valence-corrected chi connectivity index (χ2v) is 4.89. The molecule has 1 aromatic heterocycles. The van der Waals surface area contributed by atoms with Gasteiger partial charge in [-0.3, -0.25) is 14.6 Å². The number of benzene rings is 1. The van der Waals surface area contributed by atoms with Gasteiger partial charge in [-0.2, -0.15) is 0 Å². The maximum atomic E-state index is 12.5. The Bertz CT molecular complexity index is 712. The number of rotatable bonds is 1. The summed E-state index contributed by atoms with van der Waals surface area (Å²) in [7, 11) is 0. The molecule has 1 aromatic carbocycles. The van der Waals surface area contributed by atoms with Crippen molar-refractivity contribution in [2.45, 2.75) is 13.8 Å². The lowest BCUT2D eigenvalue weighted by Crippen LogP contribution is -2.29. The quantitative estimate of drug-likeness (QED) is 0.634. The highest BCUT2D eigenvalue weighted by molar-refractivity contribution is 6.36. The molecule has 0 unspecified atom stereocenters. The minimum Gasteiger partial charge on any atom is -0.398 e. The van der Waals surface area contributed by atoms with Crippen LogP contribution in [0, 0.1) is 13.8 Å². The SMILES string of the molecule is Cc1cncc(N2C(=O)c3c(C)ccc(N)c3C2=O)c1. The van der Waals surface area contributed by atoms with Crippen LogP contribution in [0.4, 0.5) is 11.4 Å². The molecule has 100 valence electrons. The number of carbonyl (C=O) groups excluding carboxylic acids is 2. The first-order chi connectivity index (χ1) is 9.50. The number of nitrogen functional groups attached to an aromatic ring is 1. The molecule has 0 aliphatic carbocycles. The lowest BCUT2D eigenvalue weighted by atomic mass is 10.0. The van der Waals surface area contributed by atoms with Gasteiger partial charge in [0.05, 0.1) is 23.0 Å². The predicted octanol–water partition coefficient (Wildman–Crippen LogP) is 2.08. The van der Waals surface area contributed by atoms with Crippen molar-refractivity contribution in [3.8, 4) is 0 Å². The van der Waals surface area contributed by atoms with Crippen molar-refractivity contribution in [1.29, 1.82) is 0 Å². The normalized spacial score (nSPS) is 13.8. The van der Waals surface area contributed by atoms with Crippen molar-refractivity contribution in [1.82, 2.24) is 4.98 Å². The van der Waals surface area contributed by atoms with Gasteiger partial charge in [0.2, 0.25) is 0 Å². The summed E-state index contributed by atoms with van der Waals surface area (Å²) in [6.07, 6.45) is 3.17. The van der Waals surface area contributed by atoms with Gasteiger partial charge in [0.15, 0.2) is 0 Å². The summed E-state index contributed by atoms with van der Waals surface area (Å²) in [6, 6.07) is 5.15. The van der Waals surface area contributed by atoms with Crippen LogP contribution in [0.2, 0.25) is 0 Å². The molecule has 0 saturated carbocycles. The fraction of sp³-hybridized carbons (Fsp3) is 0.133. The van der Waals surface area contributed by atoms with Gasteiger partial charge in [-0.15, -0.1) is 0 Å². The van der Waals surface area contributed by atoms with Crippen LogP contribution in [-0.2, 0) is 0 Å². The minimum atomic E-state index is -0.390. The zero-order valence-electron chi connectivity index (χ0n) is 11.2. The number of nitrogens with two attached hydrogens (primary N) is 1. The Morgan fingerprint density at radius 3 is 2.40 bits per heavy atom. The number of hydrogen-bond donors (Lipinski definition) is 1. The zero-order valence-corrected chi connectivity index (χ0v) is 11.2. The molecule has 5 heteroatoms. The summed E-state index contributed by atoms with van der Waals surface area (Å²) in [6.45, 7) is 3.65. The average Bonchev–Trinajstić information content (AvgIpc) is 2.67. The highest BCUT2D eigenvalue weighted by Gasteiger charge is 2.39. The van der Waals surface area contributed by atoms with E-state index >= 15 is 0 Å². The van der Waals surface area contributed by atoms with E-state index in [4.69, 9.17) is 5.73 Å². The molecule has 0 spiro atoms. The van der Waals surface area contributed by atoms with E-state index in [1.807, 2.05) is 6.92 Å². The number of amides is 2. The van der Waals surface area contributed by atoms with Crippen LogP contribution in [0.3, 0.4) is 0 Å².